The minimum atomic E-state index is 0.750. The van der Waals surface area contributed by atoms with Gasteiger partial charge < -0.3 is 4.42 Å². The van der Waals surface area contributed by atoms with Crippen molar-refractivity contribution in [3.05, 3.63) is 83.9 Å². The Labute approximate surface area is 144 Å². The fraction of sp³-hybridized carbons (Fsp3) is 0. The van der Waals surface area contributed by atoms with Crippen LogP contribution in [-0.2, 0) is 0 Å². The van der Waals surface area contributed by atoms with Crippen molar-refractivity contribution in [2.75, 3.05) is 0 Å². The summed E-state index contributed by atoms with van der Waals surface area (Å²) in [5, 5.41) is 5.39. The second kappa shape index (κ2) is 5.12. The summed E-state index contributed by atoms with van der Waals surface area (Å²) in [6, 6.07) is 26.9. The van der Waals surface area contributed by atoms with Gasteiger partial charge in [-0.3, -0.25) is 0 Å². The minimum absolute atomic E-state index is 0.750. The van der Waals surface area contributed by atoms with Gasteiger partial charge in [0.15, 0.2) is 0 Å². The quantitative estimate of drug-likeness (QED) is 0.321. The van der Waals surface area contributed by atoms with Crippen LogP contribution in [0.25, 0.3) is 43.8 Å². The van der Waals surface area contributed by atoms with Crippen LogP contribution >= 0.6 is 11.6 Å². The van der Waals surface area contributed by atoms with E-state index in [1.54, 1.807) is 0 Å². The smallest absolute Gasteiger partial charge is 0.143 e. The number of fused-ring (bicyclic) bond motifs is 5. The van der Waals surface area contributed by atoms with Crippen molar-refractivity contribution in [2.24, 2.45) is 0 Å². The lowest BCUT2D eigenvalue weighted by Gasteiger charge is -2.02. The van der Waals surface area contributed by atoms with E-state index >= 15 is 0 Å². The molecule has 5 aromatic rings. The van der Waals surface area contributed by atoms with E-state index in [2.05, 4.69) is 42.5 Å². The molecule has 0 radical (unpaired) electrons. The van der Waals surface area contributed by atoms with Crippen molar-refractivity contribution in [2.45, 2.75) is 0 Å². The molecule has 0 aliphatic carbocycles. The average Bonchev–Trinajstić information content (AvgIpc) is 3.01. The molecule has 2 heteroatoms. The maximum Gasteiger partial charge on any atom is 0.143 e. The first-order valence-corrected chi connectivity index (χ1v) is 8.27. The van der Waals surface area contributed by atoms with Crippen LogP contribution in [0.2, 0.25) is 5.02 Å². The zero-order valence-electron chi connectivity index (χ0n) is 12.8. The highest BCUT2D eigenvalue weighted by Crippen LogP contribution is 2.36. The molecule has 0 amide bonds. The van der Waals surface area contributed by atoms with E-state index < -0.39 is 0 Å². The topological polar surface area (TPSA) is 13.1 Å². The molecule has 1 heterocycles. The number of halogens is 1. The molecule has 0 atom stereocenters. The van der Waals surface area contributed by atoms with Crippen LogP contribution < -0.4 is 0 Å². The van der Waals surface area contributed by atoms with Gasteiger partial charge >= 0.3 is 0 Å². The van der Waals surface area contributed by atoms with Gasteiger partial charge in [0.2, 0.25) is 0 Å². The van der Waals surface area contributed by atoms with Gasteiger partial charge in [-0.2, -0.15) is 0 Å². The predicted octanol–water partition coefficient (Wildman–Crippen LogP) is 7.06. The molecule has 1 aromatic heterocycles. The normalized spacial score (nSPS) is 11.5. The predicted molar refractivity (Wildman–Crippen MR) is 102 cm³/mol. The molecule has 0 aliphatic rings. The monoisotopic (exact) mass is 328 g/mol. The molecule has 24 heavy (non-hydrogen) atoms. The number of hydrogen-bond acceptors (Lipinski definition) is 1. The molecule has 0 aliphatic heterocycles. The van der Waals surface area contributed by atoms with E-state index in [-0.39, 0.29) is 0 Å². The highest BCUT2D eigenvalue weighted by Gasteiger charge is 2.11. The Balaban J connectivity index is 1.81. The van der Waals surface area contributed by atoms with E-state index in [9.17, 15) is 0 Å². The van der Waals surface area contributed by atoms with Gasteiger partial charge in [-0.15, -0.1) is 0 Å². The van der Waals surface area contributed by atoms with Gasteiger partial charge in [0, 0.05) is 21.2 Å². The first-order chi connectivity index (χ1) is 11.8. The Kier molecular flexibility index (Phi) is 2.91. The molecule has 0 saturated carbocycles. The lowest BCUT2D eigenvalue weighted by Crippen LogP contribution is -1.77. The lowest BCUT2D eigenvalue weighted by molar-refractivity contribution is 0.672. The summed E-state index contributed by atoms with van der Waals surface area (Å²) in [5.74, 6) is 0. The maximum absolute atomic E-state index is 6.15. The van der Waals surface area contributed by atoms with E-state index in [4.69, 9.17) is 16.0 Å². The van der Waals surface area contributed by atoms with Crippen LogP contribution in [0.1, 0.15) is 0 Å². The van der Waals surface area contributed by atoms with Gasteiger partial charge in [0.05, 0.1) is 0 Å². The molecular weight excluding hydrogens is 316 g/mol. The van der Waals surface area contributed by atoms with Gasteiger partial charge in [-0.1, -0.05) is 60.1 Å². The van der Waals surface area contributed by atoms with E-state index in [1.165, 1.54) is 5.39 Å². The third-order valence-corrected chi connectivity index (χ3v) is 4.79. The molecule has 0 unspecified atom stereocenters. The summed E-state index contributed by atoms with van der Waals surface area (Å²) < 4.78 is 6.15. The summed E-state index contributed by atoms with van der Waals surface area (Å²) in [4.78, 5) is 0. The molecule has 114 valence electrons. The summed E-state index contributed by atoms with van der Waals surface area (Å²) in [6.07, 6.45) is 0. The van der Waals surface area contributed by atoms with E-state index in [1.807, 2.05) is 36.4 Å². The van der Waals surface area contributed by atoms with Crippen molar-refractivity contribution in [3.8, 4) is 11.1 Å². The molecular formula is C22H13ClO. The van der Waals surface area contributed by atoms with Crippen LogP contribution in [0.4, 0.5) is 0 Å². The Bertz CT molecular complexity index is 1200. The van der Waals surface area contributed by atoms with E-state index in [0.717, 1.165) is 43.5 Å². The minimum Gasteiger partial charge on any atom is -0.455 e. The van der Waals surface area contributed by atoms with Gasteiger partial charge in [-0.05, 0) is 46.8 Å². The summed E-state index contributed by atoms with van der Waals surface area (Å²) in [7, 11) is 0. The fourth-order valence-electron chi connectivity index (χ4n) is 3.33. The summed E-state index contributed by atoms with van der Waals surface area (Å²) in [5.41, 5.74) is 4.18. The zero-order valence-corrected chi connectivity index (χ0v) is 13.5. The summed E-state index contributed by atoms with van der Waals surface area (Å²) >= 11 is 6.00. The van der Waals surface area contributed by atoms with Gasteiger partial charge in [-0.25, -0.2) is 0 Å². The van der Waals surface area contributed by atoms with Crippen molar-refractivity contribution in [1.29, 1.82) is 0 Å². The maximum atomic E-state index is 6.15. The van der Waals surface area contributed by atoms with Crippen molar-refractivity contribution in [1.82, 2.24) is 0 Å². The van der Waals surface area contributed by atoms with Gasteiger partial charge in [0.1, 0.15) is 11.2 Å². The van der Waals surface area contributed by atoms with Gasteiger partial charge in [0.25, 0.3) is 0 Å². The van der Waals surface area contributed by atoms with Crippen LogP contribution in [-0.4, -0.2) is 0 Å². The molecule has 0 saturated heterocycles. The largest absolute Gasteiger partial charge is 0.455 e. The lowest BCUT2D eigenvalue weighted by atomic mass is 10.0. The molecule has 5 rings (SSSR count). The Hall–Kier alpha value is -2.77. The average molecular weight is 329 g/mol. The van der Waals surface area contributed by atoms with Crippen molar-refractivity contribution in [3.63, 3.8) is 0 Å². The van der Waals surface area contributed by atoms with Crippen molar-refractivity contribution >= 4 is 44.3 Å². The highest BCUT2D eigenvalue weighted by molar-refractivity contribution is 6.30. The van der Waals surface area contributed by atoms with Crippen molar-refractivity contribution < 1.29 is 4.42 Å². The number of benzene rings is 4. The number of rotatable bonds is 1. The first-order valence-electron chi connectivity index (χ1n) is 7.89. The first kappa shape index (κ1) is 13.6. The van der Waals surface area contributed by atoms with Crippen LogP contribution in [0.15, 0.2) is 83.3 Å². The zero-order chi connectivity index (χ0) is 16.1. The number of furan rings is 1. The van der Waals surface area contributed by atoms with Crippen LogP contribution in [0.3, 0.4) is 0 Å². The fourth-order valence-corrected chi connectivity index (χ4v) is 3.45. The molecule has 0 N–H and O–H groups in total. The SMILES string of the molecule is Clc1ccc(-c2ccc3oc4c5ccccc5ccc4c3c2)cc1. The Morgan fingerprint density at radius 1 is 0.625 bits per heavy atom. The molecule has 0 fully saturated rings. The third kappa shape index (κ3) is 2.02. The molecule has 0 bridgehead atoms. The highest BCUT2D eigenvalue weighted by atomic mass is 35.5. The third-order valence-electron chi connectivity index (χ3n) is 4.54. The van der Waals surface area contributed by atoms with Crippen LogP contribution in [0, 0.1) is 0 Å². The second-order valence-electron chi connectivity index (χ2n) is 5.98. The summed E-state index contributed by atoms with van der Waals surface area (Å²) in [6.45, 7) is 0. The second-order valence-corrected chi connectivity index (χ2v) is 6.42. The Morgan fingerprint density at radius 3 is 2.29 bits per heavy atom. The Morgan fingerprint density at radius 2 is 1.42 bits per heavy atom. The van der Waals surface area contributed by atoms with E-state index in [0.29, 0.717) is 0 Å². The molecule has 0 spiro atoms. The van der Waals surface area contributed by atoms with Crippen LogP contribution in [0.5, 0.6) is 0 Å². The standard InChI is InChI=1S/C22H13ClO/c23-17-9-5-14(6-10-17)16-8-12-21-20(13-16)19-11-7-15-3-1-2-4-18(15)22(19)24-21/h1-13H. The molecule has 1 nitrogen and oxygen atoms in total. The molecule has 4 aromatic carbocycles. The number of hydrogen-bond donors (Lipinski definition) is 0.